The SMILES string of the molecule is C.C.C=Cc1cccc(-c2nc3ccccc3nc2O[C@@H]2C[C@@H](C(=O)OC)N(C(=O)OC(C)(C)C)C2)c1.COC(=O)[C@@H]1C[C@@H](Oc2nc3ccccc3nc2-c2cccc(Br)c2)CN1C(=O)OC(C)(C)C.[Pd]. The van der Waals surface area contributed by atoms with Crippen molar-refractivity contribution in [1.29, 1.82) is 0 Å². The van der Waals surface area contributed by atoms with E-state index in [0.29, 0.717) is 34.2 Å². The van der Waals surface area contributed by atoms with Crippen LogP contribution < -0.4 is 9.47 Å². The maximum atomic E-state index is 12.8. The van der Waals surface area contributed by atoms with Crippen molar-refractivity contribution in [2.75, 3.05) is 27.3 Å². The summed E-state index contributed by atoms with van der Waals surface area (Å²) in [6.45, 7) is 14.8. The zero-order chi connectivity index (χ0) is 49.6. The minimum Gasteiger partial charge on any atom is -0.471 e. The summed E-state index contributed by atoms with van der Waals surface area (Å²) in [5.41, 5.74) is 5.15. The van der Waals surface area contributed by atoms with Crippen LogP contribution in [0.25, 0.3) is 50.7 Å². The molecule has 2 saturated heterocycles. The zero-order valence-electron chi connectivity index (χ0n) is 40.1. The number of esters is 2. The van der Waals surface area contributed by atoms with Gasteiger partial charge in [-0.3, -0.25) is 9.80 Å². The third-order valence-electron chi connectivity index (χ3n) is 10.9. The molecule has 16 nitrogen and oxygen atoms in total. The molecule has 0 radical (unpaired) electrons. The Kier molecular flexibility index (Phi) is 20.0. The van der Waals surface area contributed by atoms with Crippen LogP contribution in [0.2, 0.25) is 0 Å². The first-order chi connectivity index (χ1) is 32.8. The molecule has 4 atom stereocenters. The fourth-order valence-electron chi connectivity index (χ4n) is 7.80. The normalized spacial score (nSPS) is 17.2. The van der Waals surface area contributed by atoms with Crippen molar-refractivity contribution in [3.05, 3.63) is 114 Å². The molecule has 0 unspecified atom stereocenters. The third-order valence-corrected chi connectivity index (χ3v) is 11.3. The molecule has 0 saturated carbocycles. The Morgan fingerprint density at radius 2 is 0.986 bits per heavy atom. The maximum absolute atomic E-state index is 12.8. The number of hydrogen-bond acceptors (Lipinski definition) is 14. The summed E-state index contributed by atoms with van der Waals surface area (Å²) >= 11 is 3.50. The standard InChI is InChI=1S/C27H29N3O5.C25H26BrN3O5.2CH4.Pd/c1-6-17-10-9-11-18(14-17)23-24(29-21-13-8-7-12-20(21)28-23)34-19-15-22(25(31)33-5)30(16-19)26(32)35-27(2,3)4;1-25(2,3)34-24(31)29-14-17(13-20(29)23(30)32-4)33-22-21(15-8-7-9-16(26)12-15)27-18-10-5-6-11-19(18)28-22;;;/h6-14,19,22H,1,15-16H2,2-5H3;5-12,17,20H,13-14H2,1-4H3;2*1H4;/t19-,22+;17-,20+;;;/m11.../s1. The molecule has 0 aliphatic carbocycles. The van der Waals surface area contributed by atoms with Gasteiger partial charge in [0.1, 0.15) is 46.9 Å². The molecule has 386 valence electrons. The van der Waals surface area contributed by atoms with Gasteiger partial charge in [0.2, 0.25) is 11.8 Å². The van der Waals surface area contributed by atoms with Gasteiger partial charge in [-0.25, -0.2) is 39.1 Å². The van der Waals surface area contributed by atoms with Gasteiger partial charge in [0.05, 0.1) is 49.4 Å². The Morgan fingerprint density at radius 3 is 1.36 bits per heavy atom. The number of benzene rings is 4. The number of halogens is 1. The van der Waals surface area contributed by atoms with Crippen LogP contribution in [0.1, 0.15) is 74.8 Å². The number of carbonyl (C=O) groups is 4. The zero-order valence-corrected chi connectivity index (χ0v) is 43.3. The van der Waals surface area contributed by atoms with Gasteiger partial charge in [-0.1, -0.05) is 98.0 Å². The van der Waals surface area contributed by atoms with E-state index >= 15 is 0 Å². The van der Waals surface area contributed by atoms with Gasteiger partial charge in [-0.05, 0) is 89.6 Å². The molecule has 0 bridgehead atoms. The molecule has 72 heavy (non-hydrogen) atoms. The average Bonchev–Trinajstić information content (AvgIpc) is 3.95. The maximum Gasteiger partial charge on any atom is 0.411 e. The van der Waals surface area contributed by atoms with Gasteiger partial charge in [-0.15, -0.1) is 0 Å². The van der Waals surface area contributed by atoms with Crippen LogP contribution in [0.4, 0.5) is 9.59 Å². The van der Waals surface area contributed by atoms with Crippen molar-refractivity contribution in [1.82, 2.24) is 29.7 Å². The Bertz CT molecular complexity index is 2890. The number of methoxy groups -OCH3 is 2. The van der Waals surface area contributed by atoms with Crippen LogP contribution in [0.5, 0.6) is 11.8 Å². The second-order valence-electron chi connectivity index (χ2n) is 18.4. The first-order valence-corrected chi connectivity index (χ1v) is 23.1. The molecule has 2 amide bonds. The summed E-state index contributed by atoms with van der Waals surface area (Å²) in [5, 5.41) is 0. The summed E-state index contributed by atoms with van der Waals surface area (Å²) in [6, 6.07) is 28.9. The molecule has 4 heterocycles. The number of aromatic nitrogens is 4. The molecule has 4 aromatic carbocycles. The van der Waals surface area contributed by atoms with Crippen LogP contribution in [-0.4, -0.2) is 117 Å². The second kappa shape index (κ2) is 24.8. The number of carbonyl (C=O) groups excluding carboxylic acids is 4. The van der Waals surface area contributed by atoms with Crippen molar-refractivity contribution in [2.24, 2.45) is 0 Å². The Hall–Kier alpha value is -6.48. The van der Waals surface area contributed by atoms with E-state index in [9.17, 15) is 19.2 Å². The number of amides is 2. The van der Waals surface area contributed by atoms with Gasteiger partial charge in [0, 0.05) is 48.9 Å². The first-order valence-electron chi connectivity index (χ1n) is 22.3. The van der Waals surface area contributed by atoms with Crippen molar-refractivity contribution < 1.29 is 68.0 Å². The first kappa shape index (κ1) is 58.1. The molecule has 0 N–H and O–H groups in total. The van der Waals surface area contributed by atoms with Gasteiger partial charge in [-0.2, -0.15) is 0 Å². The molecule has 2 aliphatic heterocycles. The Balaban J connectivity index is 0.000000300. The van der Waals surface area contributed by atoms with E-state index in [-0.39, 0.29) is 61.2 Å². The fourth-order valence-corrected chi connectivity index (χ4v) is 8.20. The topological polar surface area (TPSA) is 182 Å². The third kappa shape index (κ3) is 14.4. The van der Waals surface area contributed by atoms with Gasteiger partial charge in [0.15, 0.2) is 0 Å². The number of hydrogen-bond donors (Lipinski definition) is 0. The van der Waals surface area contributed by atoms with Crippen molar-refractivity contribution in [3.63, 3.8) is 0 Å². The number of likely N-dealkylation sites (tertiary alicyclic amines) is 2. The molecule has 2 aliphatic rings. The van der Waals surface area contributed by atoms with E-state index in [1.54, 1.807) is 47.6 Å². The van der Waals surface area contributed by atoms with E-state index in [0.717, 1.165) is 32.2 Å². The summed E-state index contributed by atoms with van der Waals surface area (Å²) in [5.74, 6) is -0.389. The number of rotatable bonds is 9. The predicted octanol–water partition coefficient (Wildman–Crippen LogP) is 11.1. The second-order valence-corrected chi connectivity index (χ2v) is 19.3. The van der Waals surface area contributed by atoms with Crippen LogP contribution in [0, 0.1) is 0 Å². The van der Waals surface area contributed by atoms with E-state index in [2.05, 4.69) is 22.5 Å². The van der Waals surface area contributed by atoms with E-state index in [4.69, 9.17) is 48.4 Å². The monoisotopic (exact) mass is 1140 g/mol. The fraction of sp³-hybridized carbons (Fsp3) is 0.370. The predicted molar refractivity (Wildman–Crippen MR) is 277 cm³/mol. The minimum absolute atomic E-state index is 0. The number of para-hydroxylation sites is 4. The van der Waals surface area contributed by atoms with Crippen LogP contribution in [-0.2, 0) is 49.0 Å². The Morgan fingerprint density at radius 1 is 0.597 bits per heavy atom. The summed E-state index contributed by atoms with van der Waals surface area (Å²) in [7, 11) is 2.59. The molecular formula is C54H63BrN6O10Pd. The Labute approximate surface area is 443 Å². The van der Waals surface area contributed by atoms with Gasteiger partial charge < -0.3 is 28.4 Å². The van der Waals surface area contributed by atoms with Gasteiger partial charge in [0.25, 0.3) is 0 Å². The molecule has 6 aromatic rings. The minimum atomic E-state index is -0.819. The van der Waals surface area contributed by atoms with E-state index in [1.807, 2.05) is 97.1 Å². The quantitative estimate of drug-likeness (QED) is 0.0757. The molecule has 2 aromatic heterocycles. The summed E-state index contributed by atoms with van der Waals surface area (Å²) in [4.78, 5) is 72.3. The molecule has 8 rings (SSSR count). The summed E-state index contributed by atoms with van der Waals surface area (Å²) < 4.78 is 34.4. The van der Waals surface area contributed by atoms with E-state index in [1.165, 1.54) is 24.0 Å². The van der Waals surface area contributed by atoms with Crippen LogP contribution in [0.3, 0.4) is 0 Å². The van der Waals surface area contributed by atoms with Crippen molar-refractivity contribution in [3.8, 4) is 34.3 Å². The number of ether oxygens (including phenoxy) is 6. The largest absolute Gasteiger partial charge is 0.471 e. The summed E-state index contributed by atoms with van der Waals surface area (Å²) in [6.07, 6.45) is 0.0507. The van der Waals surface area contributed by atoms with Crippen molar-refractivity contribution >= 4 is 68.2 Å². The molecular weight excluding hydrogens is 1080 g/mol. The smallest absolute Gasteiger partial charge is 0.411 e. The van der Waals surface area contributed by atoms with Crippen molar-refractivity contribution in [2.45, 2.75) is 105 Å². The number of nitrogens with zero attached hydrogens (tertiary/aromatic N) is 6. The molecule has 18 heteroatoms. The molecule has 0 spiro atoms. The number of fused-ring (bicyclic) bond motifs is 2. The van der Waals surface area contributed by atoms with Crippen LogP contribution >= 0.6 is 15.9 Å². The van der Waals surface area contributed by atoms with Crippen LogP contribution in [0.15, 0.2) is 108 Å². The average molecular weight is 1140 g/mol. The molecule has 2 fully saturated rings. The van der Waals surface area contributed by atoms with Gasteiger partial charge >= 0.3 is 24.1 Å². The van der Waals surface area contributed by atoms with E-state index < -0.39 is 59.6 Å².